The van der Waals surface area contributed by atoms with Crippen molar-refractivity contribution in [3.05, 3.63) is 116 Å². The summed E-state index contributed by atoms with van der Waals surface area (Å²) in [6, 6.07) is 7.63. The molecule has 150 heavy (non-hydrogen) atoms. The fraction of sp³-hybridized carbons (Fsp3) is 0.654. The first-order valence-corrected chi connectivity index (χ1v) is 57.9. The van der Waals surface area contributed by atoms with Crippen molar-refractivity contribution in [3.8, 4) is 0 Å². The SMILES string of the molecule is COCCN1C(=CC=CC2=[N+](CCCCCC(=O)NCCOCCOCCOCCOCCC(=O)NCCCc3cn([C@@H]4O[C@H](COP(=O)(O)O)[C@H](OP(=O)(O)O)C4O)c(=O)nc3N)c3ccc(S(=O)(=O)[O-])cc3C2(C)CCCS(=O)(=O)[O-])C(CCCS(=O)(=O)[O-])c2cc(S(=O)(=O)[O-])ccc21.NCCOCCOCCOCCOCCC(=O)NCCCc1cn([C@@H]2O[C@H](COP(=O)(O)O)[C@H](OP(=O)(O)O)C2O)c(=O)nc1N.[Na+].[Na+].[Na+]. The van der Waals surface area contributed by atoms with Gasteiger partial charge in [-0.15, -0.1) is 0 Å². The van der Waals surface area contributed by atoms with Gasteiger partial charge in [0.15, 0.2) is 18.2 Å². The quantitative estimate of drug-likeness (QED) is 0.00642. The second-order valence-electron chi connectivity index (χ2n) is 33.3. The minimum Gasteiger partial charge on any atom is -0.748 e. The number of aromatic nitrogens is 4. The van der Waals surface area contributed by atoms with Gasteiger partial charge in [-0.1, -0.05) is 6.08 Å². The molecule has 4 aliphatic rings. The number of nitrogens with one attached hydrogen (secondary N) is 3. The summed E-state index contributed by atoms with van der Waals surface area (Å²) in [4.78, 5) is 144. The number of nitrogen functional groups attached to an aromatic ring is 2. The van der Waals surface area contributed by atoms with Crippen LogP contribution >= 0.6 is 31.3 Å². The van der Waals surface area contributed by atoms with Crippen molar-refractivity contribution < 1.29 is 297 Å². The molecular formula is C81H127N12Na3O46P4S4. The maximum atomic E-state index is 12.8. The summed E-state index contributed by atoms with van der Waals surface area (Å²) in [6.07, 6.45) is -4.34. The number of fused-ring (bicyclic) bond motifs is 2. The summed E-state index contributed by atoms with van der Waals surface area (Å²) in [5, 5.41) is 29.7. The fourth-order valence-electron chi connectivity index (χ4n) is 15.7. The van der Waals surface area contributed by atoms with E-state index < -0.39 is 178 Å². The maximum Gasteiger partial charge on any atom is 1.00 e. The minimum absolute atomic E-state index is 0. The number of carbonyl (C=O) groups is 3. The number of rotatable bonds is 70. The van der Waals surface area contributed by atoms with Gasteiger partial charge < -0.3 is 158 Å². The van der Waals surface area contributed by atoms with Gasteiger partial charge in [-0.25, -0.2) is 61.5 Å². The second kappa shape index (κ2) is 66.7. The number of aryl methyl sites for hydroxylation is 2. The topological polar surface area (TPSA) is 879 Å². The van der Waals surface area contributed by atoms with Crippen LogP contribution in [0.15, 0.2) is 92.1 Å². The van der Waals surface area contributed by atoms with Crippen LogP contribution in [0.1, 0.15) is 125 Å². The zero-order chi connectivity index (χ0) is 109. The van der Waals surface area contributed by atoms with E-state index in [-0.39, 0.29) is 280 Å². The summed E-state index contributed by atoms with van der Waals surface area (Å²) >= 11 is 0. The Morgan fingerprint density at radius 3 is 1.39 bits per heavy atom. The Morgan fingerprint density at radius 1 is 0.533 bits per heavy atom. The van der Waals surface area contributed by atoms with E-state index in [2.05, 4.69) is 44.0 Å². The Bertz CT molecular complexity index is 5900. The molecule has 2 aromatic carbocycles. The van der Waals surface area contributed by atoms with Crippen LogP contribution in [-0.2, 0) is 162 Å². The molecule has 8 rings (SSSR count). The number of aliphatic hydroxyl groups is 2. The first-order chi connectivity index (χ1) is 69.0. The molecule has 0 bridgehead atoms. The molecule has 3 amide bonds. The number of aliphatic hydroxyl groups excluding tert-OH is 2. The van der Waals surface area contributed by atoms with E-state index >= 15 is 0 Å². The van der Waals surface area contributed by atoms with Gasteiger partial charge in [0.25, 0.3) is 0 Å². The van der Waals surface area contributed by atoms with Crippen molar-refractivity contribution >= 4 is 118 Å². The fourth-order valence-corrected chi connectivity index (χ4v) is 19.6. The van der Waals surface area contributed by atoms with Crippen molar-refractivity contribution in [3.63, 3.8) is 0 Å². The molecule has 2 fully saturated rings. The number of ether oxygens (including phenoxy) is 11. The number of amides is 3. The number of nitrogens with zero attached hydrogens (tertiary/aromatic N) is 6. The Kier molecular flexibility index (Phi) is 61.3. The van der Waals surface area contributed by atoms with Crippen LogP contribution in [0, 0.1) is 0 Å². The molecule has 4 aromatic rings. The molecule has 2 aromatic heterocycles. The van der Waals surface area contributed by atoms with E-state index in [9.17, 15) is 124 Å². The van der Waals surface area contributed by atoms with E-state index in [0.717, 1.165) is 21.3 Å². The Morgan fingerprint density at radius 2 is 0.953 bits per heavy atom. The van der Waals surface area contributed by atoms with Crippen LogP contribution in [0.25, 0.3) is 0 Å². The molecule has 834 valence electrons. The number of phosphoric ester groups is 4. The van der Waals surface area contributed by atoms with Gasteiger partial charge in [0.1, 0.15) is 75.0 Å². The molecule has 0 radical (unpaired) electrons. The number of nitrogens with two attached hydrogens (primary N) is 3. The average Bonchev–Trinajstić information content (AvgIpc) is 1.57. The van der Waals surface area contributed by atoms with Crippen LogP contribution in [0.2, 0.25) is 0 Å². The van der Waals surface area contributed by atoms with E-state index in [4.69, 9.17) is 88.9 Å². The van der Waals surface area contributed by atoms with Crippen LogP contribution in [0.4, 0.5) is 23.0 Å². The van der Waals surface area contributed by atoms with Crippen LogP contribution in [-0.4, -0.2) is 368 Å². The van der Waals surface area contributed by atoms with Gasteiger partial charge in [-0.05, 0) is 113 Å². The van der Waals surface area contributed by atoms with Gasteiger partial charge in [0.2, 0.25) is 23.4 Å². The van der Waals surface area contributed by atoms with Crippen molar-refractivity contribution in [2.24, 2.45) is 5.73 Å². The molecular weight excluding hydrogens is 2200 g/mol. The molecule has 0 aliphatic carbocycles. The predicted octanol–water partition coefficient (Wildman–Crippen LogP) is -11.8. The van der Waals surface area contributed by atoms with E-state index in [0.29, 0.717) is 124 Å². The zero-order valence-electron chi connectivity index (χ0n) is 83.0. The van der Waals surface area contributed by atoms with Crippen molar-refractivity contribution in [1.82, 2.24) is 35.1 Å². The Labute approximate surface area is 931 Å². The summed E-state index contributed by atoms with van der Waals surface area (Å²) in [5.41, 5.74) is 17.2. The Hall–Kier alpha value is -4.32. The summed E-state index contributed by atoms with van der Waals surface area (Å²) in [7, 11) is -38.5. The molecule has 19 N–H and O–H groups in total. The number of phosphoric acid groups is 4. The average molecular weight is 2330 g/mol. The smallest absolute Gasteiger partial charge is 0.748 e. The number of unbranched alkanes of at least 4 members (excludes halogenated alkanes) is 2. The predicted molar refractivity (Wildman–Crippen MR) is 507 cm³/mol. The number of benzene rings is 2. The number of carbonyl (C=O) groups excluding carboxylic acids is 3. The summed E-state index contributed by atoms with van der Waals surface area (Å²) < 4.78 is 271. The number of methoxy groups -OCH3 is 1. The first kappa shape index (κ1) is 138. The first-order valence-electron chi connectivity index (χ1n) is 45.8. The summed E-state index contributed by atoms with van der Waals surface area (Å²) in [6.45, 7) is 6.15. The molecule has 10 atom stereocenters. The zero-order valence-corrected chi connectivity index (χ0v) is 95.9. The van der Waals surface area contributed by atoms with Crippen LogP contribution in [0.5, 0.6) is 0 Å². The molecule has 4 unspecified atom stereocenters. The van der Waals surface area contributed by atoms with Gasteiger partial charge in [0, 0.05) is 136 Å². The third kappa shape index (κ3) is 49.3. The molecule has 2 saturated heterocycles. The van der Waals surface area contributed by atoms with E-state index in [1.807, 2.05) is 4.58 Å². The molecule has 0 saturated carbocycles. The molecule has 69 heteroatoms. The maximum absolute atomic E-state index is 12.8. The molecule has 4 aliphatic heterocycles. The third-order valence-corrected chi connectivity index (χ3v) is 27.7. The summed E-state index contributed by atoms with van der Waals surface area (Å²) in [5.74, 6) is -3.39. The van der Waals surface area contributed by atoms with Crippen LogP contribution in [0.3, 0.4) is 0 Å². The van der Waals surface area contributed by atoms with Crippen molar-refractivity contribution in [2.45, 2.75) is 167 Å². The molecule has 58 nitrogen and oxygen atoms in total. The van der Waals surface area contributed by atoms with Gasteiger partial charge in [-0.2, -0.15) is 14.5 Å². The normalized spacial score (nSPS) is 19.8. The number of anilines is 3. The number of hydrogen-bond acceptors (Lipinski definition) is 44. The molecule has 0 spiro atoms. The van der Waals surface area contributed by atoms with E-state index in [1.54, 1.807) is 30.1 Å². The minimum atomic E-state index is -5.29. The Balaban J connectivity index is 0.000000800. The van der Waals surface area contributed by atoms with Gasteiger partial charge >= 0.3 is 131 Å². The van der Waals surface area contributed by atoms with Crippen molar-refractivity contribution in [2.75, 3.05) is 200 Å². The molecule has 6 heterocycles. The van der Waals surface area contributed by atoms with Gasteiger partial charge in [-0.3, -0.25) is 41.6 Å². The largest absolute Gasteiger partial charge is 1.00 e. The second-order valence-corrected chi connectivity index (χ2v) is 44.0. The third-order valence-electron chi connectivity index (χ3n) is 22.4. The standard InChI is InChI=1S/C58H87N7O30P2S4.C23H43N5O16P2.3Na/c1-58(20-9-35-99(79,80)81)45-37-42(101(85,86)87)16-18-48(45)64(50(58)13-6-12-46-43(11-8-34-98(76,77)78)44-36-41(100(82,83)84)15-17-47(44)63(46)24-27-88-2)23-5-3-4-14-51(66)61-22-26-90-29-31-92-33-32-91-30-28-89-25-19-52(67)60-21-7-10-40-38-65(57(69)62-55(40)59)56-53(68)54(95-97(73,74)75)49(94-56)39-93-96(70,71)72;24-4-7-39-9-11-41-13-12-40-10-8-38-6-3-18(29)26-5-1-2-16-14-28(23(31)27-21(16)25)22-19(30)20(44-46(35,36)37)17(43-22)15-42-45(32,33)34;;;/h6,12-13,15-18,36-38,43,49,53-54,56,68H,3-5,7-11,14,19-35,39H2,1-2H3,(H11-,59,60,61,62,66,67,69,70,71,72,73,74,75,76,77,78,79,80,81,82,83,84,85,86,87);14,17,19-20,22,30H,1-13,15,24H2,(H,26,29)(H2,25,27,31)(H2,32,33,34)(H2,35,36,37);;;/q;;3*+1/p-3/t43?,49-,53?,54+,56-,58?;17-,19?,20+,22-;;;/m11.../s1. The number of hydrogen-bond donors (Lipinski definition) is 16. The van der Waals surface area contributed by atoms with E-state index in [1.165, 1.54) is 43.8 Å². The number of allylic oxidation sites excluding steroid dienone is 4. The van der Waals surface area contributed by atoms with Crippen molar-refractivity contribution in [1.29, 1.82) is 0 Å². The van der Waals surface area contributed by atoms with Crippen LogP contribution < -0.4 is 138 Å². The van der Waals surface area contributed by atoms with Gasteiger partial charge in [0.05, 0.1) is 161 Å². The monoisotopic (exact) mass is 2320 g/mol.